The molecule has 1 N–H and O–H groups in total. The summed E-state index contributed by atoms with van der Waals surface area (Å²) < 4.78 is 11.4. The van der Waals surface area contributed by atoms with Crippen LogP contribution in [0.15, 0.2) is 46.9 Å². The number of hydrogen-bond donors (Lipinski definition) is 1. The van der Waals surface area contributed by atoms with Crippen LogP contribution < -0.4 is 14.8 Å². The van der Waals surface area contributed by atoms with Crippen LogP contribution in [0.5, 0.6) is 11.5 Å². The molecule has 2 rings (SSSR count). The summed E-state index contributed by atoms with van der Waals surface area (Å²) in [5, 5.41) is 2.85. The first kappa shape index (κ1) is 15.4. The van der Waals surface area contributed by atoms with E-state index in [1.54, 1.807) is 26.4 Å². The van der Waals surface area contributed by atoms with Crippen LogP contribution in [0.2, 0.25) is 0 Å². The van der Waals surface area contributed by atoms with Gasteiger partial charge in [0.15, 0.2) is 0 Å². The van der Waals surface area contributed by atoms with Crippen molar-refractivity contribution in [2.45, 2.75) is 6.42 Å². The summed E-state index contributed by atoms with van der Waals surface area (Å²) in [5.41, 5.74) is 1.47. The average Bonchev–Trinajstić information content (AvgIpc) is 2.48. The third-order valence-electron chi connectivity index (χ3n) is 2.98. The number of amides is 1. The van der Waals surface area contributed by atoms with Crippen LogP contribution in [0.25, 0.3) is 0 Å². The second-order valence-corrected chi connectivity index (χ2v) is 5.30. The van der Waals surface area contributed by atoms with E-state index in [2.05, 4.69) is 21.2 Å². The van der Waals surface area contributed by atoms with Gasteiger partial charge < -0.3 is 14.8 Å². The summed E-state index contributed by atoms with van der Waals surface area (Å²) in [7, 11) is 3.16. The number of methoxy groups -OCH3 is 2. The normalized spacial score (nSPS) is 10.0. The molecule has 0 aromatic heterocycles. The van der Waals surface area contributed by atoms with Crippen molar-refractivity contribution in [2.24, 2.45) is 0 Å². The number of rotatable bonds is 5. The molecule has 1 amide bonds. The van der Waals surface area contributed by atoms with Crippen molar-refractivity contribution in [1.29, 1.82) is 0 Å². The Morgan fingerprint density at radius 3 is 2.52 bits per heavy atom. The van der Waals surface area contributed by atoms with E-state index in [4.69, 9.17) is 9.47 Å². The van der Waals surface area contributed by atoms with Gasteiger partial charge in [-0.3, -0.25) is 4.79 Å². The van der Waals surface area contributed by atoms with E-state index < -0.39 is 0 Å². The molecule has 2 aromatic carbocycles. The molecule has 2 aromatic rings. The molecule has 110 valence electrons. The third kappa shape index (κ3) is 3.98. The Hall–Kier alpha value is -2.01. The summed E-state index contributed by atoms with van der Waals surface area (Å²) in [4.78, 5) is 12.2. The summed E-state index contributed by atoms with van der Waals surface area (Å²) >= 11 is 3.38. The predicted molar refractivity (Wildman–Crippen MR) is 86.0 cm³/mol. The summed E-state index contributed by atoms with van der Waals surface area (Å²) in [5.74, 6) is 1.19. The molecule has 0 radical (unpaired) electrons. The average molecular weight is 350 g/mol. The van der Waals surface area contributed by atoms with Crippen LogP contribution in [0.4, 0.5) is 5.69 Å². The van der Waals surface area contributed by atoms with Gasteiger partial charge in [-0.15, -0.1) is 0 Å². The van der Waals surface area contributed by atoms with Gasteiger partial charge in [-0.1, -0.05) is 34.1 Å². The molecular weight excluding hydrogens is 334 g/mol. The topological polar surface area (TPSA) is 47.6 Å². The Labute approximate surface area is 132 Å². The summed E-state index contributed by atoms with van der Waals surface area (Å²) in [6.45, 7) is 0. The first-order chi connectivity index (χ1) is 10.1. The molecule has 0 bridgehead atoms. The zero-order valence-electron chi connectivity index (χ0n) is 11.9. The first-order valence-corrected chi connectivity index (χ1v) is 7.18. The fraction of sp³-hybridized carbons (Fsp3) is 0.188. The lowest BCUT2D eigenvalue weighted by Crippen LogP contribution is -2.15. The van der Waals surface area contributed by atoms with Crippen LogP contribution >= 0.6 is 15.9 Å². The lowest BCUT2D eigenvalue weighted by atomic mass is 10.1. The monoisotopic (exact) mass is 349 g/mol. The maximum atomic E-state index is 12.2. The molecule has 0 aliphatic carbocycles. The van der Waals surface area contributed by atoms with E-state index in [9.17, 15) is 4.79 Å². The summed E-state index contributed by atoms with van der Waals surface area (Å²) in [6, 6.07) is 12.9. The van der Waals surface area contributed by atoms with Crippen molar-refractivity contribution >= 4 is 27.5 Å². The highest BCUT2D eigenvalue weighted by Gasteiger charge is 2.11. The number of ether oxygens (including phenoxy) is 2. The van der Waals surface area contributed by atoms with Crippen molar-refractivity contribution in [1.82, 2.24) is 0 Å². The van der Waals surface area contributed by atoms with Crippen LogP contribution in [0.3, 0.4) is 0 Å². The largest absolute Gasteiger partial charge is 0.496 e. The van der Waals surface area contributed by atoms with Gasteiger partial charge >= 0.3 is 0 Å². The maximum absolute atomic E-state index is 12.2. The standard InChI is InChI=1S/C16H16BrNO3/c1-20-14-6-4-3-5-11(14)9-16(19)18-13-10-12(17)7-8-15(13)21-2/h3-8,10H,9H2,1-2H3,(H,18,19). The lowest BCUT2D eigenvalue weighted by molar-refractivity contribution is -0.115. The lowest BCUT2D eigenvalue weighted by Gasteiger charge is -2.12. The number of para-hydroxylation sites is 1. The minimum atomic E-state index is -0.129. The molecule has 5 heteroatoms. The van der Waals surface area contributed by atoms with Gasteiger partial charge in [0.05, 0.1) is 26.3 Å². The predicted octanol–water partition coefficient (Wildman–Crippen LogP) is 3.65. The number of benzene rings is 2. The van der Waals surface area contributed by atoms with Gasteiger partial charge in [-0.25, -0.2) is 0 Å². The van der Waals surface area contributed by atoms with Gasteiger partial charge in [-0.05, 0) is 24.3 Å². The zero-order chi connectivity index (χ0) is 15.2. The van der Waals surface area contributed by atoms with E-state index in [1.165, 1.54) is 0 Å². The van der Waals surface area contributed by atoms with Crippen LogP contribution in [0.1, 0.15) is 5.56 Å². The van der Waals surface area contributed by atoms with Crippen LogP contribution in [-0.4, -0.2) is 20.1 Å². The molecule has 0 saturated heterocycles. The van der Waals surface area contributed by atoms with E-state index in [-0.39, 0.29) is 12.3 Å². The van der Waals surface area contributed by atoms with Crippen molar-refractivity contribution in [3.63, 3.8) is 0 Å². The van der Waals surface area contributed by atoms with Crippen molar-refractivity contribution < 1.29 is 14.3 Å². The zero-order valence-corrected chi connectivity index (χ0v) is 13.4. The van der Waals surface area contributed by atoms with Gasteiger partial charge in [0.2, 0.25) is 5.91 Å². The van der Waals surface area contributed by atoms with Gasteiger partial charge in [0.25, 0.3) is 0 Å². The molecule has 0 aliphatic heterocycles. The van der Waals surface area contributed by atoms with Crippen LogP contribution in [0, 0.1) is 0 Å². The Balaban J connectivity index is 2.13. The summed E-state index contributed by atoms with van der Waals surface area (Å²) in [6.07, 6.45) is 0.236. The second-order valence-electron chi connectivity index (χ2n) is 4.38. The highest BCUT2D eigenvalue weighted by atomic mass is 79.9. The minimum absolute atomic E-state index is 0.129. The highest BCUT2D eigenvalue weighted by molar-refractivity contribution is 9.10. The van der Waals surface area contributed by atoms with Gasteiger partial charge in [-0.2, -0.15) is 0 Å². The molecule has 0 spiro atoms. The van der Waals surface area contributed by atoms with Crippen LogP contribution in [-0.2, 0) is 11.2 Å². The van der Waals surface area contributed by atoms with E-state index >= 15 is 0 Å². The van der Waals surface area contributed by atoms with Crippen molar-refractivity contribution in [2.75, 3.05) is 19.5 Å². The number of hydrogen-bond acceptors (Lipinski definition) is 3. The number of carbonyl (C=O) groups is 1. The fourth-order valence-electron chi connectivity index (χ4n) is 1.99. The molecule has 0 saturated carbocycles. The molecule has 4 nitrogen and oxygen atoms in total. The fourth-order valence-corrected chi connectivity index (χ4v) is 2.36. The van der Waals surface area contributed by atoms with E-state index in [0.29, 0.717) is 17.2 Å². The Morgan fingerprint density at radius 1 is 1.10 bits per heavy atom. The number of carbonyl (C=O) groups excluding carboxylic acids is 1. The molecule has 0 heterocycles. The first-order valence-electron chi connectivity index (χ1n) is 6.39. The number of halogens is 1. The van der Waals surface area contributed by atoms with Crippen molar-refractivity contribution in [3.05, 3.63) is 52.5 Å². The molecule has 0 atom stereocenters. The minimum Gasteiger partial charge on any atom is -0.496 e. The van der Waals surface area contributed by atoms with E-state index in [1.807, 2.05) is 30.3 Å². The number of nitrogens with one attached hydrogen (secondary N) is 1. The Kier molecular flexibility index (Phi) is 5.22. The second kappa shape index (κ2) is 7.13. The molecule has 0 aliphatic rings. The Bertz CT molecular complexity index is 643. The maximum Gasteiger partial charge on any atom is 0.229 e. The molecular formula is C16H16BrNO3. The molecule has 21 heavy (non-hydrogen) atoms. The van der Waals surface area contributed by atoms with E-state index in [0.717, 1.165) is 10.0 Å². The molecule has 0 unspecified atom stereocenters. The highest BCUT2D eigenvalue weighted by Crippen LogP contribution is 2.28. The smallest absolute Gasteiger partial charge is 0.229 e. The number of anilines is 1. The quantitative estimate of drug-likeness (QED) is 0.896. The SMILES string of the molecule is COc1ccccc1CC(=O)Nc1cc(Br)ccc1OC. The van der Waals surface area contributed by atoms with Crippen molar-refractivity contribution in [3.8, 4) is 11.5 Å². The molecule has 0 fully saturated rings. The van der Waals surface area contributed by atoms with Gasteiger partial charge in [0, 0.05) is 10.0 Å². The van der Waals surface area contributed by atoms with Gasteiger partial charge in [0.1, 0.15) is 11.5 Å². The Morgan fingerprint density at radius 2 is 1.81 bits per heavy atom. The third-order valence-corrected chi connectivity index (χ3v) is 3.47.